The number of nitrogens with one attached hydrogen (secondary N) is 3. The molecule has 106 valence electrons. The van der Waals surface area contributed by atoms with Crippen molar-refractivity contribution in [1.82, 2.24) is 5.32 Å². The maximum Gasteiger partial charge on any atom is 0.471 e. The van der Waals surface area contributed by atoms with Crippen molar-refractivity contribution in [1.29, 1.82) is 0 Å². The lowest BCUT2D eigenvalue weighted by Crippen LogP contribution is -2.53. The van der Waals surface area contributed by atoms with E-state index in [9.17, 15) is 27.6 Å². The van der Waals surface area contributed by atoms with Gasteiger partial charge in [0.15, 0.2) is 6.04 Å². The number of amides is 3. The van der Waals surface area contributed by atoms with Crippen LogP contribution in [-0.2, 0) is 14.4 Å². The minimum absolute atomic E-state index is 0.231. The molecule has 1 heterocycles. The van der Waals surface area contributed by atoms with Crippen LogP contribution in [0.5, 0.6) is 0 Å². The molecule has 0 fully saturated rings. The minimum Gasteiger partial charge on any atom is -0.329 e. The second-order valence-electron chi connectivity index (χ2n) is 3.93. The van der Waals surface area contributed by atoms with E-state index >= 15 is 0 Å². The number of halogens is 3. The average molecular weight is 287 g/mol. The average Bonchev–Trinajstić information content (AvgIpc) is 2.46. The Hall–Kier alpha value is -2.58. The molecule has 0 aliphatic carbocycles. The van der Waals surface area contributed by atoms with Crippen molar-refractivity contribution in [3.05, 3.63) is 24.3 Å². The van der Waals surface area contributed by atoms with Crippen molar-refractivity contribution in [2.75, 3.05) is 10.6 Å². The van der Waals surface area contributed by atoms with Gasteiger partial charge in [-0.15, -0.1) is 0 Å². The molecule has 0 saturated heterocycles. The van der Waals surface area contributed by atoms with Crippen LogP contribution in [0.1, 0.15) is 0 Å². The Balaban J connectivity index is 2.23. The van der Waals surface area contributed by atoms with Crippen LogP contribution in [0.15, 0.2) is 24.3 Å². The smallest absolute Gasteiger partial charge is 0.329 e. The Morgan fingerprint density at radius 2 is 1.50 bits per heavy atom. The van der Waals surface area contributed by atoms with Gasteiger partial charge in [0.25, 0.3) is 11.8 Å². The maximum absolute atomic E-state index is 12.1. The second-order valence-corrected chi connectivity index (χ2v) is 3.93. The molecule has 3 amide bonds. The largest absolute Gasteiger partial charge is 0.471 e. The molecule has 1 aromatic carbocycles. The van der Waals surface area contributed by atoms with Crippen molar-refractivity contribution in [2.45, 2.75) is 12.2 Å². The first-order valence-corrected chi connectivity index (χ1v) is 5.37. The van der Waals surface area contributed by atoms with Crippen LogP contribution in [-0.4, -0.2) is 29.9 Å². The number of rotatable bonds is 1. The van der Waals surface area contributed by atoms with Crippen LogP contribution in [0.4, 0.5) is 24.5 Å². The fraction of sp³-hybridized carbons (Fsp3) is 0.182. The Kier molecular flexibility index (Phi) is 3.35. The van der Waals surface area contributed by atoms with E-state index in [4.69, 9.17) is 0 Å². The summed E-state index contributed by atoms with van der Waals surface area (Å²) in [5.41, 5.74) is 0.462. The molecule has 6 nitrogen and oxygen atoms in total. The fourth-order valence-corrected chi connectivity index (χ4v) is 1.57. The molecule has 0 unspecified atom stereocenters. The molecule has 0 bridgehead atoms. The van der Waals surface area contributed by atoms with Crippen LogP contribution in [0.3, 0.4) is 0 Å². The van der Waals surface area contributed by atoms with Crippen molar-refractivity contribution >= 4 is 29.1 Å². The maximum atomic E-state index is 12.1. The molecule has 1 aliphatic heterocycles. The van der Waals surface area contributed by atoms with Gasteiger partial charge in [-0.2, -0.15) is 13.2 Å². The van der Waals surface area contributed by atoms with Gasteiger partial charge in [-0.1, -0.05) is 12.1 Å². The van der Waals surface area contributed by atoms with E-state index < -0.39 is 29.9 Å². The van der Waals surface area contributed by atoms with Gasteiger partial charge in [-0.3, -0.25) is 14.4 Å². The van der Waals surface area contributed by atoms with Gasteiger partial charge in [0.2, 0.25) is 0 Å². The van der Waals surface area contributed by atoms with E-state index in [0.29, 0.717) is 0 Å². The third-order valence-electron chi connectivity index (χ3n) is 2.50. The van der Waals surface area contributed by atoms with Gasteiger partial charge in [-0.05, 0) is 12.1 Å². The van der Waals surface area contributed by atoms with Crippen LogP contribution in [0, 0.1) is 0 Å². The van der Waals surface area contributed by atoms with Crippen LogP contribution < -0.4 is 16.0 Å². The first-order valence-electron chi connectivity index (χ1n) is 5.37. The third kappa shape index (κ3) is 2.71. The zero-order chi connectivity index (χ0) is 14.9. The number of benzene rings is 1. The summed E-state index contributed by atoms with van der Waals surface area (Å²) in [6, 6.07) is 4.10. The SMILES string of the molecule is O=C1Nc2ccccc2NC(=O)C1NC(=O)C(F)(F)F. The van der Waals surface area contributed by atoms with Crippen LogP contribution >= 0.6 is 0 Å². The standard InChI is InChI=1S/C11H8F3N3O3/c12-11(13,14)10(20)17-7-8(18)15-5-3-1-2-4-6(5)16-9(7)19/h1-4,7H,(H,15,18)(H,16,19)(H,17,20). The Morgan fingerprint density at radius 3 is 1.90 bits per heavy atom. The summed E-state index contributed by atoms with van der Waals surface area (Å²) in [7, 11) is 0. The van der Waals surface area contributed by atoms with Crippen LogP contribution in [0.2, 0.25) is 0 Å². The predicted molar refractivity (Wildman–Crippen MR) is 61.7 cm³/mol. The normalized spacial score (nSPS) is 15.8. The molecule has 0 aromatic heterocycles. The highest BCUT2D eigenvalue weighted by Gasteiger charge is 2.43. The summed E-state index contributed by atoms with van der Waals surface area (Å²) in [6.07, 6.45) is -5.18. The quantitative estimate of drug-likeness (QED) is 0.662. The van der Waals surface area contributed by atoms with E-state index in [-0.39, 0.29) is 11.4 Å². The summed E-state index contributed by atoms with van der Waals surface area (Å²) < 4.78 is 36.4. The molecule has 3 N–H and O–H groups in total. The number of hydrogen-bond donors (Lipinski definition) is 3. The monoisotopic (exact) mass is 287 g/mol. The number of fused-ring (bicyclic) bond motifs is 1. The van der Waals surface area contributed by atoms with Gasteiger partial charge >= 0.3 is 12.1 Å². The highest BCUT2D eigenvalue weighted by Crippen LogP contribution is 2.24. The zero-order valence-electron chi connectivity index (χ0n) is 9.75. The fourth-order valence-electron chi connectivity index (χ4n) is 1.57. The van der Waals surface area contributed by atoms with Crippen molar-refractivity contribution in [3.8, 4) is 0 Å². The summed E-state index contributed by atoms with van der Waals surface area (Å²) in [6.45, 7) is 0. The Morgan fingerprint density at radius 1 is 1.05 bits per heavy atom. The molecule has 0 spiro atoms. The van der Waals surface area contributed by atoms with E-state index in [2.05, 4.69) is 10.6 Å². The van der Waals surface area contributed by atoms with Crippen LogP contribution in [0.25, 0.3) is 0 Å². The van der Waals surface area contributed by atoms with E-state index in [0.717, 1.165) is 0 Å². The van der Waals surface area contributed by atoms with Gasteiger partial charge in [0.1, 0.15) is 0 Å². The second kappa shape index (κ2) is 4.83. The molecule has 20 heavy (non-hydrogen) atoms. The molecule has 1 aromatic rings. The van der Waals surface area contributed by atoms with Crippen molar-refractivity contribution < 1.29 is 27.6 Å². The molecular weight excluding hydrogens is 279 g/mol. The summed E-state index contributed by atoms with van der Waals surface area (Å²) in [5.74, 6) is -4.46. The Bertz CT molecular complexity index is 549. The molecule has 0 radical (unpaired) electrons. The lowest BCUT2D eigenvalue weighted by molar-refractivity contribution is -0.174. The summed E-state index contributed by atoms with van der Waals surface area (Å²) in [5, 5.41) is 5.86. The highest BCUT2D eigenvalue weighted by molar-refractivity contribution is 6.19. The lowest BCUT2D eigenvalue weighted by atomic mass is 10.2. The first kappa shape index (κ1) is 13.8. The minimum atomic E-state index is -5.18. The molecule has 2 rings (SSSR count). The molecule has 9 heteroatoms. The number of carbonyl (C=O) groups is 3. The molecule has 1 aliphatic rings. The molecular formula is C11H8F3N3O3. The van der Waals surface area contributed by atoms with Gasteiger partial charge in [-0.25, -0.2) is 0 Å². The number of hydrogen-bond acceptors (Lipinski definition) is 3. The Labute approximate surface area is 110 Å². The zero-order valence-corrected chi connectivity index (χ0v) is 9.75. The van der Waals surface area contributed by atoms with Gasteiger partial charge in [0, 0.05) is 0 Å². The number of anilines is 2. The predicted octanol–water partition coefficient (Wildman–Crippen LogP) is 0.624. The van der Waals surface area contributed by atoms with E-state index in [1.54, 1.807) is 12.1 Å². The lowest BCUT2D eigenvalue weighted by Gasteiger charge is -2.15. The van der Waals surface area contributed by atoms with Crippen molar-refractivity contribution in [2.24, 2.45) is 0 Å². The van der Waals surface area contributed by atoms with Gasteiger partial charge in [0.05, 0.1) is 11.4 Å². The third-order valence-corrected chi connectivity index (χ3v) is 2.50. The number of carbonyl (C=O) groups excluding carboxylic acids is 3. The number of alkyl halides is 3. The topological polar surface area (TPSA) is 87.3 Å². The molecule has 0 saturated carbocycles. The van der Waals surface area contributed by atoms with Crippen molar-refractivity contribution in [3.63, 3.8) is 0 Å². The highest BCUT2D eigenvalue weighted by atomic mass is 19.4. The first-order chi connectivity index (χ1) is 9.29. The molecule has 0 atom stereocenters. The van der Waals surface area contributed by atoms with E-state index in [1.165, 1.54) is 17.4 Å². The summed E-state index contributed by atoms with van der Waals surface area (Å²) >= 11 is 0. The van der Waals surface area contributed by atoms with Gasteiger partial charge < -0.3 is 16.0 Å². The number of para-hydroxylation sites is 2. The van der Waals surface area contributed by atoms with E-state index in [1.807, 2.05) is 0 Å². The summed E-state index contributed by atoms with van der Waals surface area (Å²) in [4.78, 5) is 34.2.